The molecule has 3 heterocycles. The van der Waals surface area contributed by atoms with Crippen molar-refractivity contribution in [1.82, 2.24) is 20.1 Å². The molecule has 0 saturated carbocycles. The Hall–Kier alpha value is -2.51. The number of hydrogen-bond donors (Lipinski definition) is 1. The number of ether oxygens (including phenoxy) is 1. The van der Waals surface area contributed by atoms with Gasteiger partial charge in [-0.25, -0.2) is 0 Å². The van der Waals surface area contributed by atoms with Crippen LogP contribution in [0.25, 0.3) is 10.8 Å². The molecule has 1 saturated heterocycles. The second-order valence-electron chi connectivity index (χ2n) is 6.35. The minimum Gasteiger partial charge on any atom is -0.488 e. The Morgan fingerprint density at radius 1 is 1.28 bits per heavy atom. The summed E-state index contributed by atoms with van der Waals surface area (Å²) >= 11 is 0. The molecule has 0 amide bonds. The fraction of sp³-hybridized carbons (Fsp3) is 0.389. The van der Waals surface area contributed by atoms with E-state index in [1.54, 1.807) is 13.1 Å². The van der Waals surface area contributed by atoms with Gasteiger partial charge in [0, 0.05) is 37.8 Å². The summed E-state index contributed by atoms with van der Waals surface area (Å²) in [4.78, 5) is 6.23. The first kappa shape index (κ1) is 16.0. The van der Waals surface area contributed by atoms with Crippen molar-refractivity contribution < 1.29 is 14.3 Å². The summed E-state index contributed by atoms with van der Waals surface area (Å²) in [6, 6.07) is 7.86. The maximum Gasteiger partial charge on any atom is 0.230 e. The van der Waals surface area contributed by atoms with Crippen molar-refractivity contribution in [2.24, 2.45) is 0 Å². The molecule has 1 aliphatic heterocycles. The number of likely N-dealkylation sites (tertiary alicyclic amines) is 1. The van der Waals surface area contributed by atoms with E-state index in [0.717, 1.165) is 29.5 Å². The summed E-state index contributed by atoms with van der Waals surface area (Å²) in [7, 11) is 0. The van der Waals surface area contributed by atoms with Crippen LogP contribution in [0.1, 0.15) is 18.2 Å². The Morgan fingerprint density at radius 2 is 2.20 bits per heavy atom. The van der Waals surface area contributed by atoms with Crippen LogP contribution in [-0.4, -0.2) is 50.5 Å². The number of benzene rings is 1. The summed E-state index contributed by atoms with van der Waals surface area (Å²) in [6.07, 6.45) is 3.53. The maximum atomic E-state index is 10.5. The van der Waals surface area contributed by atoms with Gasteiger partial charge < -0.3 is 14.3 Å². The number of β-amino-alcohol motifs (C(OH)–C–C–N with tert-alkyl or cyclic N) is 1. The number of rotatable bonds is 4. The minimum absolute atomic E-state index is 0.227. The lowest BCUT2D eigenvalue weighted by Gasteiger charge is -2.35. The molecule has 0 unspecified atom stereocenters. The Bertz CT molecular complexity index is 866. The number of fused-ring (bicyclic) bond motifs is 1. The average Bonchev–Trinajstić information content (AvgIpc) is 3.02. The van der Waals surface area contributed by atoms with E-state index < -0.39 is 6.10 Å². The van der Waals surface area contributed by atoms with E-state index in [1.165, 1.54) is 0 Å². The number of piperidine rings is 1. The van der Waals surface area contributed by atoms with Crippen molar-refractivity contribution >= 4 is 10.8 Å². The molecule has 0 radical (unpaired) electrons. The van der Waals surface area contributed by atoms with Crippen molar-refractivity contribution in [1.29, 1.82) is 0 Å². The Kier molecular flexibility index (Phi) is 4.33. The highest BCUT2D eigenvalue weighted by Gasteiger charge is 2.30. The summed E-state index contributed by atoms with van der Waals surface area (Å²) < 4.78 is 11.4. The van der Waals surface area contributed by atoms with Crippen molar-refractivity contribution in [2.75, 3.05) is 13.1 Å². The van der Waals surface area contributed by atoms with Gasteiger partial charge in [0.15, 0.2) is 0 Å². The van der Waals surface area contributed by atoms with Gasteiger partial charge in [-0.3, -0.25) is 9.88 Å². The monoisotopic (exact) mass is 340 g/mol. The molecule has 0 spiro atoms. The topological polar surface area (TPSA) is 84.5 Å². The van der Waals surface area contributed by atoms with Crippen molar-refractivity contribution in [3.63, 3.8) is 0 Å². The van der Waals surface area contributed by atoms with E-state index in [9.17, 15) is 5.11 Å². The molecule has 0 bridgehead atoms. The van der Waals surface area contributed by atoms with Crippen LogP contribution in [0.2, 0.25) is 0 Å². The van der Waals surface area contributed by atoms with E-state index in [0.29, 0.717) is 24.9 Å². The Balaban J connectivity index is 1.38. The van der Waals surface area contributed by atoms with Gasteiger partial charge in [-0.2, -0.15) is 0 Å². The fourth-order valence-corrected chi connectivity index (χ4v) is 3.16. The summed E-state index contributed by atoms with van der Waals surface area (Å²) in [5.74, 6) is 1.89. The maximum absolute atomic E-state index is 10.5. The first-order chi connectivity index (χ1) is 12.2. The van der Waals surface area contributed by atoms with Crippen LogP contribution in [0.3, 0.4) is 0 Å². The van der Waals surface area contributed by atoms with Crippen LogP contribution in [0.4, 0.5) is 0 Å². The molecule has 7 nitrogen and oxygen atoms in total. The summed E-state index contributed by atoms with van der Waals surface area (Å²) in [5, 5.41) is 20.4. The first-order valence-corrected chi connectivity index (χ1v) is 8.37. The average molecular weight is 340 g/mol. The molecule has 25 heavy (non-hydrogen) atoms. The molecular formula is C18H20N4O3. The molecule has 2 aromatic heterocycles. The molecule has 4 rings (SSSR count). The van der Waals surface area contributed by atoms with E-state index in [-0.39, 0.29) is 6.10 Å². The molecule has 1 aromatic carbocycles. The van der Waals surface area contributed by atoms with Crippen LogP contribution < -0.4 is 4.74 Å². The fourth-order valence-electron chi connectivity index (χ4n) is 3.16. The quantitative estimate of drug-likeness (QED) is 0.777. The van der Waals surface area contributed by atoms with Crippen LogP contribution in [-0.2, 0) is 6.54 Å². The van der Waals surface area contributed by atoms with Gasteiger partial charge in [-0.15, -0.1) is 10.2 Å². The largest absolute Gasteiger partial charge is 0.488 e. The van der Waals surface area contributed by atoms with Crippen LogP contribution in [0.5, 0.6) is 5.75 Å². The second-order valence-corrected chi connectivity index (χ2v) is 6.35. The van der Waals surface area contributed by atoms with Crippen molar-refractivity contribution in [3.05, 3.63) is 48.4 Å². The van der Waals surface area contributed by atoms with E-state index in [4.69, 9.17) is 9.15 Å². The number of hydrogen-bond acceptors (Lipinski definition) is 7. The predicted octanol–water partition coefficient (Wildman–Crippen LogP) is 1.94. The van der Waals surface area contributed by atoms with Crippen LogP contribution in [0, 0.1) is 6.92 Å². The van der Waals surface area contributed by atoms with Gasteiger partial charge in [0.05, 0.1) is 6.54 Å². The molecule has 1 aliphatic rings. The zero-order valence-corrected chi connectivity index (χ0v) is 14.0. The third-order valence-corrected chi connectivity index (χ3v) is 4.43. The SMILES string of the molecule is Cc1nnc(CN2CC[C@@H](Oc3ccc4ccncc4c3)[C@H](O)C2)o1. The molecule has 3 aromatic rings. The number of aliphatic hydroxyl groups excluding tert-OH is 1. The van der Waals surface area contributed by atoms with E-state index >= 15 is 0 Å². The molecular weight excluding hydrogens is 320 g/mol. The number of pyridine rings is 1. The van der Waals surface area contributed by atoms with Gasteiger partial charge in [0.1, 0.15) is 18.0 Å². The van der Waals surface area contributed by atoms with Gasteiger partial charge >= 0.3 is 0 Å². The molecule has 1 N–H and O–H groups in total. The number of aryl methyl sites for hydroxylation is 1. The Morgan fingerprint density at radius 3 is 3.00 bits per heavy atom. The first-order valence-electron chi connectivity index (χ1n) is 8.37. The second kappa shape index (κ2) is 6.78. The lowest BCUT2D eigenvalue weighted by molar-refractivity contribution is -0.0293. The molecule has 0 aliphatic carbocycles. The molecule has 7 heteroatoms. The summed E-state index contributed by atoms with van der Waals surface area (Å²) in [6.45, 7) is 3.64. The van der Waals surface area contributed by atoms with Gasteiger partial charge in [0.2, 0.25) is 11.8 Å². The minimum atomic E-state index is -0.567. The van der Waals surface area contributed by atoms with Gasteiger partial charge in [0.25, 0.3) is 0 Å². The lowest BCUT2D eigenvalue weighted by Crippen LogP contribution is -2.48. The van der Waals surface area contributed by atoms with E-state index in [1.807, 2.05) is 30.5 Å². The summed E-state index contributed by atoms with van der Waals surface area (Å²) in [5.41, 5.74) is 0. The normalized spacial score (nSPS) is 21.5. The standard InChI is InChI=1S/C18H20N4O3/c1-12-20-21-18(24-12)11-22-7-5-17(16(23)10-22)25-15-3-2-13-4-6-19-9-14(13)8-15/h2-4,6,8-9,16-17,23H,5,7,10-11H2,1H3/t16-,17-/m1/s1. The van der Waals surface area contributed by atoms with Crippen LogP contribution >= 0.6 is 0 Å². The highest BCUT2D eigenvalue weighted by molar-refractivity contribution is 5.82. The predicted molar refractivity (Wildman–Crippen MR) is 91.1 cm³/mol. The smallest absolute Gasteiger partial charge is 0.230 e. The van der Waals surface area contributed by atoms with Crippen molar-refractivity contribution in [3.8, 4) is 5.75 Å². The van der Waals surface area contributed by atoms with Gasteiger partial charge in [-0.05, 0) is 30.0 Å². The highest BCUT2D eigenvalue weighted by Crippen LogP contribution is 2.24. The number of aromatic nitrogens is 3. The molecule has 2 atom stereocenters. The zero-order chi connectivity index (χ0) is 17.2. The lowest BCUT2D eigenvalue weighted by atomic mass is 10.0. The third kappa shape index (κ3) is 3.62. The van der Waals surface area contributed by atoms with Crippen LogP contribution in [0.15, 0.2) is 41.1 Å². The molecule has 1 fully saturated rings. The highest BCUT2D eigenvalue weighted by atomic mass is 16.5. The zero-order valence-electron chi connectivity index (χ0n) is 14.0. The molecule has 130 valence electrons. The Labute approximate surface area is 145 Å². The number of aliphatic hydroxyl groups is 1. The third-order valence-electron chi connectivity index (χ3n) is 4.43. The van der Waals surface area contributed by atoms with Gasteiger partial charge in [-0.1, -0.05) is 6.07 Å². The van der Waals surface area contributed by atoms with E-state index in [2.05, 4.69) is 20.1 Å². The number of nitrogens with zero attached hydrogens (tertiary/aromatic N) is 4. The van der Waals surface area contributed by atoms with Crippen molar-refractivity contribution in [2.45, 2.75) is 32.1 Å².